The van der Waals surface area contributed by atoms with Crippen molar-refractivity contribution in [3.8, 4) is 0 Å². The van der Waals surface area contributed by atoms with Crippen LogP contribution in [0.1, 0.15) is 35.1 Å². The van der Waals surface area contributed by atoms with Crippen LogP contribution in [-0.2, 0) is 23.2 Å². The first-order chi connectivity index (χ1) is 17.6. The third-order valence-electron chi connectivity index (χ3n) is 7.26. The predicted molar refractivity (Wildman–Crippen MR) is 140 cm³/mol. The third-order valence-corrected chi connectivity index (χ3v) is 7.26. The maximum Gasteiger partial charge on any atom is 0.410 e. The van der Waals surface area contributed by atoms with E-state index in [0.29, 0.717) is 13.0 Å². The number of rotatable bonds is 6. The molecule has 0 spiro atoms. The van der Waals surface area contributed by atoms with Crippen LogP contribution in [0.25, 0.3) is 0 Å². The molecule has 0 bridgehead atoms. The van der Waals surface area contributed by atoms with E-state index in [0.717, 1.165) is 24.0 Å². The van der Waals surface area contributed by atoms with E-state index in [1.54, 1.807) is 12.1 Å². The highest BCUT2D eigenvalue weighted by Gasteiger charge is 2.44. The molecule has 5 rings (SSSR count). The highest BCUT2D eigenvalue weighted by molar-refractivity contribution is 5.69. The molecule has 0 aliphatic carbocycles. The second-order valence-electron chi connectivity index (χ2n) is 9.51. The van der Waals surface area contributed by atoms with Crippen LogP contribution < -0.4 is 0 Å². The maximum atomic E-state index is 13.6. The number of likely N-dealkylation sites (tertiary alicyclic amines) is 1. The van der Waals surface area contributed by atoms with E-state index in [9.17, 15) is 9.18 Å². The van der Waals surface area contributed by atoms with Crippen molar-refractivity contribution in [1.82, 2.24) is 4.90 Å². The Morgan fingerprint density at radius 3 is 1.92 bits per heavy atom. The fourth-order valence-electron chi connectivity index (χ4n) is 5.34. The number of hydrogen-bond donors (Lipinski definition) is 0. The molecular weight excluding hydrogens is 449 g/mol. The van der Waals surface area contributed by atoms with Crippen LogP contribution in [0, 0.1) is 5.82 Å². The van der Waals surface area contributed by atoms with Crippen molar-refractivity contribution in [2.75, 3.05) is 6.54 Å². The molecule has 1 heterocycles. The summed E-state index contributed by atoms with van der Waals surface area (Å²) in [5.74, 6) is -0.256. The summed E-state index contributed by atoms with van der Waals surface area (Å²) in [5.41, 5.74) is 4.01. The van der Waals surface area contributed by atoms with Gasteiger partial charge in [0.15, 0.2) is 0 Å². The minimum atomic E-state index is -0.340. The Kier molecular flexibility index (Phi) is 7.13. The standard InChI is InChI=1S/C32H30FNO2/c33-29-18-16-25(17-19-29)22-30-20-21-32(27-12-6-2-7-13-27,28-14-8-3-9-15-28)24-34(30)31(35)36-23-26-10-4-1-5-11-26/h1-19,30H,20-24H2. The molecule has 3 nitrogen and oxygen atoms in total. The number of carbonyl (C=O) groups is 1. The lowest BCUT2D eigenvalue weighted by Gasteiger charge is -2.47. The van der Waals surface area contributed by atoms with Gasteiger partial charge in [-0.25, -0.2) is 9.18 Å². The summed E-state index contributed by atoms with van der Waals surface area (Å²) in [6.45, 7) is 0.740. The van der Waals surface area contributed by atoms with Crippen LogP contribution >= 0.6 is 0 Å². The quantitative estimate of drug-likeness (QED) is 0.294. The van der Waals surface area contributed by atoms with Gasteiger partial charge in [0.25, 0.3) is 0 Å². The van der Waals surface area contributed by atoms with Gasteiger partial charge in [-0.1, -0.05) is 103 Å². The summed E-state index contributed by atoms with van der Waals surface area (Å²) in [6, 6.07) is 37.2. The highest BCUT2D eigenvalue weighted by atomic mass is 19.1. The number of halogens is 1. The molecular formula is C32H30FNO2. The average Bonchev–Trinajstić information content (AvgIpc) is 2.95. The Labute approximate surface area is 212 Å². The molecule has 1 aliphatic rings. The van der Waals surface area contributed by atoms with E-state index >= 15 is 0 Å². The van der Waals surface area contributed by atoms with Gasteiger partial charge in [0.2, 0.25) is 0 Å². The monoisotopic (exact) mass is 479 g/mol. The van der Waals surface area contributed by atoms with Gasteiger partial charge >= 0.3 is 6.09 Å². The smallest absolute Gasteiger partial charge is 0.410 e. The first-order valence-electron chi connectivity index (χ1n) is 12.5. The first-order valence-corrected chi connectivity index (χ1v) is 12.5. The molecule has 1 aliphatic heterocycles. The van der Waals surface area contributed by atoms with Gasteiger partial charge in [-0.2, -0.15) is 0 Å². The number of piperidine rings is 1. The van der Waals surface area contributed by atoms with E-state index in [1.165, 1.54) is 23.3 Å². The Bertz CT molecular complexity index is 1220. The minimum absolute atomic E-state index is 0.0423. The fourth-order valence-corrected chi connectivity index (χ4v) is 5.34. The van der Waals surface area contributed by atoms with Crippen LogP contribution in [0.2, 0.25) is 0 Å². The number of benzene rings is 4. The summed E-state index contributed by atoms with van der Waals surface area (Å²) < 4.78 is 19.4. The SMILES string of the molecule is O=C(OCc1ccccc1)N1CC(c2ccccc2)(c2ccccc2)CCC1Cc1ccc(F)cc1. The van der Waals surface area contributed by atoms with Crippen molar-refractivity contribution in [3.63, 3.8) is 0 Å². The normalized spacial score (nSPS) is 16.9. The van der Waals surface area contributed by atoms with Gasteiger partial charge in [0.1, 0.15) is 12.4 Å². The lowest BCUT2D eigenvalue weighted by Crippen LogP contribution is -2.54. The molecule has 182 valence electrons. The van der Waals surface area contributed by atoms with E-state index in [1.807, 2.05) is 47.4 Å². The van der Waals surface area contributed by atoms with Gasteiger partial charge < -0.3 is 9.64 Å². The molecule has 0 aromatic heterocycles. The molecule has 4 heteroatoms. The van der Waals surface area contributed by atoms with E-state index < -0.39 is 0 Å². The summed E-state index contributed by atoms with van der Waals surface area (Å²) in [7, 11) is 0. The zero-order chi connectivity index (χ0) is 24.8. The van der Waals surface area contributed by atoms with Crippen molar-refractivity contribution >= 4 is 6.09 Å². The van der Waals surface area contributed by atoms with Crippen molar-refractivity contribution in [1.29, 1.82) is 0 Å². The number of ether oxygens (including phenoxy) is 1. The van der Waals surface area contributed by atoms with Crippen molar-refractivity contribution in [2.45, 2.75) is 37.3 Å². The topological polar surface area (TPSA) is 29.5 Å². The van der Waals surface area contributed by atoms with E-state index in [4.69, 9.17) is 4.74 Å². The first kappa shape index (κ1) is 23.8. The van der Waals surface area contributed by atoms with Crippen molar-refractivity contribution < 1.29 is 13.9 Å². The number of carbonyl (C=O) groups excluding carboxylic acids is 1. The zero-order valence-corrected chi connectivity index (χ0v) is 20.2. The lowest BCUT2D eigenvalue weighted by molar-refractivity contribution is 0.0526. The molecule has 1 amide bonds. The van der Waals surface area contributed by atoms with Gasteiger partial charge in [0, 0.05) is 18.0 Å². The zero-order valence-electron chi connectivity index (χ0n) is 20.2. The van der Waals surface area contributed by atoms with Gasteiger partial charge in [-0.15, -0.1) is 0 Å². The Morgan fingerprint density at radius 1 is 0.778 bits per heavy atom. The number of amides is 1. The second-order valence-corrected chi connectivity index (χ2v) is 9.51. The Balaban J connectivity index is 1.48. The largest absolute Gasteiger partial charge is 0.445 e. The van der Waals surface area contributed by atoms with Crippen molar-refractivity contribution in [3.05, 3.63) is 143 Å². The summed E-state index contributed by atoms with van der Waals surface area (Å²) in [6.07, 6.45) is 2.04. The van der Waals surface area contributed by atoms with Crippen LogP contribution in [-0.4, -0.2) is 23.6 Å². The number of nitrogens with zero attached hydrogens (tertiary/aromatic N) is 1. The molecule has 1 fully saturated rings. The summed E-state index contributed by atoms with van der Waals surface area (Å²) in [4.78, 5) is 15.5. The molecule has 0 radical (unpaired) electrons. The van der Waals surface area contributed by atoms with Crippen molar-refractivity contribution in [2.24, 2.45) is 0 Å². The lowest BCUT2D eigenvalue weighted by atomic mass is 9.67. The summed E-state index contributed by atoms with van der Waals surface area (Å²) >= 11 is 0. The van der Waals surface area contributed by atoms with Gasteiger partial charge in [-0.3, -0.25) is 0 Å². The third kappa shape index (κ3) is 5.18. The van der Waals surface area contributed by atoms with Crippen LogP contribution in [0.5, 0.6) is 0 Å². The second kappa shape index (κ2) is 10.8. The van der Waals surface area contributed by atoms with E-state index in [-0.39, 0.29) is 30.0 Å². The molecule has 1 unspecified atom stereocenters. The predicted octanol–water partition coefficient (Wildman–Crippen LogP) is 7.16. The van der Waals surface area contributed by atoms with Crippen LogP contribution in [0.4, 0.5) is 9.18 Å². The molecule has 1 atom stereocenters. The van der Waals surface area contributed by atoms with Crippen LogP contribution in [0.3, 0.4) is 0 Å². The Morgan fingerprint density at radius 2 is 1.33 bits per heavy atom. The fraction of sp³-hybridized carbons (Fsp3) is 0.219. The molecule has 0 saturated carbocycles. The Hall–Kier alpha value is -3.92. The van der Waals surface area contributed by atoms with Crippen LogP contribution in [0.15, 0.2) is 115 Å². The molecule has 4 aromatic carbocycles. The number of hydrogen-bond acceptors (Lipinski definition) is 2. The van der Waals surface area contributed by atoms with Gasteiger partial charge in [-0.05, 0) is 53.6 Å². The maximum absolute atomic E-state index is 13.6. The molecule has 1 saturated heterocycles. The highest BCUT2D eigenvalue weighted by Crippen LogP contribution is 2.43. The molecule has 0 N–H and O–H groups in total. The molecule has 4 aromatic rings. The minimum Gasteiger partial charge on any atom is -0.445 e. The average molecular weight is 480 g/mol. The molecule has 36 heavy (non-hydrogen) atoms. The van der Waals surface area contributed by atoms with Gasteiger partial charge in [0.05, 0.1) is 0 Å². The summed E-state index contributed by atoms with van der Waals surface area (Å²) in [5, 5.41) is 0. The van der Waals surface area contributed by atoms with E-state index in [2.05, 4.69) is 48.5 Å².